The van der Waals surface area contributed by atoms with Crippen LogP contribution in [-0.4, -0.2) is 46.7 Å². The number of benzene rings is 2. The van der Waals surface area contributed by atoms with Gasteiger partial charge >= 0.3 is 0 Å². The molecule has 4 N–H and O–H groups in total. The fourth-order valence-corrected chi connectivity index (χ4v) is 6.36. The molecule has 0 unspecified atom stereocenters. The number of carbonyl (C=O) groups is 2. The lowest BCUT2D eigenvalue weighted by atomic mass is 9.62. The first-order valence-electron chi connectivity index (χ1n) is 12.4. The van der Waals surface area contributed by atoms with Gasteiger partial charge in [-0.15, -0.1) is 0 Å². The molecule has 0 radical (unpaired) electrons. The number of halogens is 2. The molecule has 2 aliphatic rings. The molecule has 0 saturated carbocycles. The average molecular weight is 533 g/mol. The molecule has 4 rings (SSSR count). The molecular formula is C28H34Cl2N2O4. The van der Waals surface area contributed by atoms with Crippen molar-refractivity contribution >= 4 is 40.6 Å². The van der Waals surface area contributed by atoms with Gasteiger partial charge in [-0.05, 0) is 54.0 Å². The Morgan fingerprint density at radius 3 is 2.56 bits per heavy atom. The first-order valence-corrected chi connectivity index (χ1v) is 13.2. The number of Topliss-reactive ketones (excluding diaryl/α,β-unsaturated/α-hetero) is 1. The van der Waals surface area contributed by atoms with Crippen LogP contribution in [0.1, 0.15) is 63.5 Å². The van der Waals surface area contributed by atoms with Crippen molar-refractivity contribution in [1.29, 1.82) is 0 Å². The average Bonchev–Trinajstić information content (AvgIpc) is 3.29. The summed E-state index contributed by atoms with van der Waals surface area (Å²) in [6.07, 6.45) is 0.774. The Bertz CT molecular complexity index is 1150. The predicted molar refractivity (Wildman–Crippen MR) is 143 cm³/mol. The van der Waals surface area contributed by atoms with E-state index >= 15 is 0 Å². The lowest BCUT2D eigenvalue weighted by Crippen LogP contribution is -2.49. The van der Waals surface area contributed by atoms with Crippen LogP contribution in [0.3, 0.4) is 0 Å². The molecule has 36 heavy (non-hydrogen) atoms. The van der Waals surface area contributed by atoms with E-state index in [1.807, 2.05) is 30.3 Å². The third kappa shape index (κ3) is 4.94. The minimum atomic E-state index is -1.07. The molecule has 2 aromatic rings. The van der Waals surface area contributed by atoms with Crippen LogP contribution in [0.25, 0.3) is 0 Å². The number of amides is 1. The van der Waals surface area contributed by atoms with Crippen LogP contribution in [-0.2, 0) is 15.0 Å². The molecule has 2 aromatic carbocycles. The highest BCUT2D eigenvalue weighted by molar-refractivity contribution is 6.35. The third-order valence-electron chi connectivity index (χ3n) is 7.37. The Hall–Kier alpha value is -1.96. The van der Waals surface area contributed by atoms with Gasteiger partial charge in [0, 0.05) is 23.4 Å². The van der Waals surface area contributed by atoms with Crippen LogP contribution in [0, 0.1) is 5.41 Å². The fraction of sp³-hybridized carbons (Fsp3) is 0.500. The number of anilines is 1. The first kappa shape index (κ1) is 27.1. The van der Waals surface area contributed by atoms with E-state index < -0.39 is 23.5 Å². The van der Waals surface area contributed by atoms with E-state index in [0.29, 0.717) is 35.0 Å². The second kappa shape index (κ2) is 10.4. The zero-order valence-electron chi connectivity index (χ0n) is 20.9. The van der Waals surface area contributed by atoms with Gasteiger partial charge in [-0.3, -0.25) is 9.59 Å². The largest absolute Gasteiger partial charge is 0.394 e. The lowest BCUT2D eigenvalue weighted by molar-refractivity contribution is -0.122. The monoisotopic (exact) mass is 532 g/mol. The summed E-state index contributed by atoms with van der Waals surface area (Å²) in [4.78, 5) is 27.8. The van der Waals surface area contributed by atoms with Crippen molar-refractivity contribution in [3.8, 4) is 0 Å². The van der Waals surface area contributed by atoms with Gasteiger partial charge in [0.15, 0.2) is 0 Å². The number of para-hydroxylation sites is 1. The van der Waals surface area contributed by atoms with Gasteiger partial charge in [0.25, 0.3) is 0 Å². The Kier molecular flexibility index (Phi) is 7.84. The summed E-state index contributed by atoms with van der Waals surface area (Å²) in [6.45, 7) is 6.02. The first-order chi connectivity index (χ1) is 17.0. The summed E-state index contributed by atoms with van der Waals surface area (Å²) in [5.41, 5.74) is 0.995. The summed E-state index contributed by atoms with van der Waals surface area (Å²) in [7, 11) is 0. The maximum absolute atomic E-state index is 14.1. The van der Waals surface area contributed by atoms with Gasteiger partial charge < -0.3 is 20.8 Å². The number of aliphatic hydroxyl groups is 2. The number of hydrogen-bond donors (Lipinski definition) is 4. The van der Waals surface area contributed by atoms with Gasteiger partial charge in [-0.1, -0.05) is 68.2 Å². The Balaban J connectivity index is 1.87. The van der Waals surface area contributed by atoms with Crippen molar-refractivity contribution in [2.24, 2.45) is 5.41 Å². The second-order valence-corrected chi connectivity index (χ2v) is 12.0. The van der Waals surface area contributed by atoms with E-state index in [0.717, 1.165) is 11.1 Å². The summed E-state index contributed by atoms with van der Waals surface area (Å²) < 4.78 is 0. The summed E-state index contributed by atoms with van der Waals surface area (Å²) >= 11 is 12.9. The molecule has 1 amide bonds. The maximum atomic E-state index is 14.1. The molecule has 6 nitrogen and oxygen atoms in total. The topological polar surface area (TPSA) is 98.7 Å². The molecule has 5 atom stereocenters. The molecule has 2 aliphatic heterocycles. The molecule has 0 aliphatic carbocycles. The highest BCUT2D eigenvalue weighted by Gasteiger charge is 2.65. The van der Waals surface area contributed by atoms with E-state index in [1.54, 1.807) is 12.1 Å². The number of hydrogen-bond acceptors (Lipinski definition) is 5. The Morgan fingerprint density at radius 1 is 1.17 bits per heavy atom. The van der Waals surface area contributed by atoms with Gasteiger partial charge in [-0.2, -0.15) is 0 Å². The number of carbonyl (C=O) groups excluding carboxylic acids is 2. The van der Waals surface area contributed by atoms with Crippen molar-refractivity contribution in [3.05, 3.63) is 63.6 Å². The van der Waals surface area contributed by atoms with E-state index in [9.17, 15) is 14.7 Å². The van der Waals surface area contributed by atoms with Crippen molar-refractivity contribution < 1.29 is 19.8 Å². The quantitative estimate of drug-likeness (QED) is 0.390. The van der Waals surface area contributed by atoms with Crippen molar-refractivity contribution in [1.82, 2.24) is 5.32 Å². The zero-order chi connectivity index (χ0) is 26.3. The fourth-order valence-electron chi connectivity index (χ4n) is 5.94. The number of ketones is 1. The number of aliphatic hydroxyl groups excluding tert-OH is 2. The summed E-state index contributed by atoms with van der Waals surface area (Å²) in [5, 5.41) is 26.5. The Labute approximate surface area is 222 Å². The van der Waals surface area contributed by atoms with Gasteiger partial charge in [0.05, 0.1) is 29.5 Å². The molecule has 8 heteroatoms. The smallest absolute Gasteiger partial charge is 0.237 e. The second-order valence-electron chi connectivity index (χ2n) is 11.2. The minimum absolute atomic E-state index is 0.0378. The standard InChI is InChI=1S/C28H34Cl2N2O4/c1-27(2,3)14-22-28(19-10-6-11-20(30)24(19)32-26(28)36)23(16-7-4-8-17(29)13-16)25(31-22)21(35)12-5-9-18(34)15-33/h4,6-8,10-11,13,18,22-23,25,31,33-34H,5,9,12,14-15H2,1-3H3,(H,32,36)/t18-,22+,23-,25-,28-/m0/s1. The predicted octanol–water partition coefficient (Wildman–Crippen LogP) is 4.84. The highest BCUT2D eigenvalue weighted by Crippen LogP contribution is 2.57. The van der Waals surface area contributed by atoms with E-state index in [1.165, 1.54) is 0 Å². The zero-order valence-corrected chi connectivity index (χ0v) is 22.4. The molecule has 2 heterocycles. The van der Waals surface area contributed by atoms with Gasteiger partial charge in [-0.25, -0.2) is 0 Å². The van der Waals surface area contributed by atoms with Crippen LogP contribution in [0.4, 0.5) is 5.69 Å². The van der Waals surface area contributed by atoms with E-state index in [2.05, 4.69) is 31.4 Å². The molecule has 1 spiro atoms. The van der Waals surface area contributed by atoms with Crippen LogP contribution >= 0.6 is 23.2 Å². The van der Waals surface area contributed by atoms with Gasteiger partial charge in [0.1, 0.15) is 11.2 Å². The molecule has 1 fully saturated rings. The normalized spacial score (nSPS) is 26.2. The van der Waals surface area contributed by atoms with Crippen molar-refractivity contribution in [3.63, 3.8) is 0 Å². The lowest BCUT2D eigenvalue weighted by Gasteiger charge is -2.37. The summed E-state index contributed by atoms with van der Waals surface area (Å²) in [5.74, 6) is -0.731. The molecule has 0 aromatic heterocycles. The van der Waals surface area contributed by atoms with E-state index in [4.69, 9.17) is 28.3 Å². The van der Waals surface area contributed by atoms with Crippen molar-refractivity contribution in [2.45, 2.75) is 76.0 Å². The molecule has 1 saturated heterocycles. The Morgan fingerprint density at radius 2 is 1.89 bits per heavy atom. The minimum Gasteiger partial charge on any atom is -0.394 e. The van der Waals surface area contributed by atoms with E-state index in [-0.39, 0.29) is 36.2 Å². The SMILES string of the molecule is CC(C)(C)C[C@H]1N[C@@H](C(=O)CCC[C@H](O)CO)[C@H](c2cccc(Cl)c2)[C@@]12C(=O)Nc1c(Cl)cccc12. The van der Waals surface area contributed by atoms with Crippen LogP contribution in [0.5, 0.6) is 0 Å². The summed E-state index contributed by atoms with van der Waals surface area (Å²) in [6, 6.07) is 11.9. The van der Waals surface area contributed by atoms with Crippen LogP contribution in [0.2, 0.25) is 10.0 Å². The number of rotatable bonds is 8. The maximum Gasteiger partial charge on any atom is 0.237 e. The van der Waals surface area contributed by atoms with Gasteiger partial charge in [0.2, 0.25) is 5.91 Å². The molecule has 0 bridgehead atoms. The third-order valence-corrected chi connectivity index (χ3v) is 7.92. The number of fused-ring (bicyclic) bond motifs is 2. The molecular weight excluding hydrogens is 499 g/mol. The van der Waals surface area contributed by atoms with Crippen LogP contribution < -0.4 is 10.6 Å². The molecule has 194 valence electrons. The van der Waals surface area contributed by atoms with Crippen molar-refractivity contribution in [2.75, 3.05) is 11.9 Å². The highest BCUT2D eigenvalue weighted by atomic mass is 35.5. The number of nitrogens with one attached hydrogen (secondary N) is 2. The van der Waals surface area contributed by atoms with Crippen LogP contribution in [0.15, 0.2) is 42.5 Å².